The Morgan fingerprint density at radius 1 is 1.03 bits per heavy atom. The Morgan fingerprint density at radius 3 is 2.31 bits per heavy atom. The summed E-state index contributed by atoms with van der Waals surface area (Å²) in [6.45, 7) is 9.70. The lowest BCUT2D eigenvalue weighted by Gasteiger charge is -2.45. The van der Waals surface area contributed by atoms with E-state index in [9.17, 15) is 4.79 Å². The molecule has 4 fully saturated rings. The van der Waals surface area contributed by atoms with Crippen LogP contribution in [0.1, 0.15) is 72.1 Å². The van der Waals surface area contributed by atoms with E-state index in [4.69, 9.17) is 14.2 Å². The Kier molecular flexibility index (Phi) is 7.35. The van der Waals surface area contributed by atoms with Gasteiger partial charge in [-0.2, -0.15) is 0 Å². The van der Waals surface area contributed by atoms with Crippen molar-refractivity contribution in [3.8, 4) is 5.88 Å². The number of hydrogen-bond donors (Lipinski definition) is 0. The highest BCUT2D eigenvalue weighted by atomic mass is 79.9. The van der Waals surface area contributed by atoms with Crippen molar-refractivity contribution in [3.05, 3.63) is 22.8 Å². The summed E-state index contributed by atoms with van der Waals surface area (Å²) in [7, 11) is 0. The average molecular weight is 551 g/mol. The van der Waals surface area contributed by atoms with Gasteiger partial charge in [-0.15, -0.1) is 0 Å². The molecule has 0 atom stereocenters. The normalized spacial score (nSPS) is 27.8. The van der Waals surface area contributed by atoms with Gasteiger partial charge in [0.15, 0.2) is 0 Å². The largest absolute Gasteiger partial charge is 0.474 e. The first kappa shape index (κ1) is 25.3. The van der Waals surface area contributed by atoms with Crippen LogP contribution in [0, 0.1) is 5.92 Å². The van der Waals surface area contributed by atoms with Crippen molar-refractivity contribution in [2.24, 2.45) is 5.92 Å². The highest BCUT2D eigenvalue weighted by Gasteiger charge is 2.54. The molecule has 4 aliphatic rings. The van der Waals surface area contributed by atoms with Crippen molar-refractivity contribution < 1.29 is 19.0 Å². The fourth-order valence-corrected chi connectivity index (χ4v) is 6.41. The third-order valence-corrected chi connectivity index (χ3v) is 8.65. The number of hydrogen-bond acceptors (Lipinski definition) is 6. The second-order valence-electron chi connectivity index (χ2n) is 11.8. The molecule has 0 unspecified atom stereocenters. The molecule has 35 heavy (non-hydrogen) atoms. The second-order valence-corrected chi connectivity index (χ2v) is 12.7. The minimum Gasteiger partial charge on any atom is -0.474 e. The zero-order valence-corrected chi connectivity index (χ0v) is 23.0. The van der Waals surface area contributed by atoms with E-state index in [-0.39, 0.29) is 12.2 Å². The molecule has 0 spiro atoms. The lowest BCUT2D eigenvalue weighted by Crippen LogP contribution is -2.52. The van der Waals surface area contributed by atoms with Gasteiger partial charge in [-0.25, -0.2) is 9.78 Å². The third-order valence-electron chi connectivity index (χ3n) is 8.16. The van der Waals surface area contributed by atoms with Crippen molar-refractivity contribution in [1.82, 2.24) is 14.8 Å². The molecule has 2 aliphatic carbocycles. The molecule has 2 aliphatic heterocycles. The Bertz CT molecular complexity index is 881. The van der Waals surface area contributed by atoms with Crippen LogP contribution in [0.3, 0.4) is 0 Å². The summed E-state index contributed by atoms with van der Waals surface area (Å²) in [6.07, 6.45) is 11.4. The van der Waals surface area contributed by atoms with E-state index in [1.165, 1.54) is 12.8 Å². The van der Waals surface area contributed by atoms with Gasteiger partial charge in [-0.05, 0) is 71.3 Å². The number of carbonyl (C=O) groups excluding carboxylic acids is 1. The van der Waals surface area contributed by atoms with E-state index >= 15 is 0 Å². The summed E-state index contributed by atoms with van der Waals surface area (Å²) >= 11 is 3.47. The number of halogens is 1. The van der Waals surface area contributed by atoms with Crippen LogP contribution < -0.4 is 4.74 Å². The van der Waals surface area contributed by atoms with E-state index in [0.29, 0.717) is 29.5 Å². The number of aromatic nitrogens is 1. The Morgan fingerprint density at radius 2 is 1.71 bits per heavy atom. The molecule has 1 aromatic rings. The van der Waals surface area contributed by atoms with Crippen LogP contribution in [-0.2, 0) is 9.47 Å². The quantitative estimate of drug-likeness (QED) is 0.472. The first-order valence-corrected chi connectivity index (χ1v) is 14.2. The SMILES string of the molecule is CC(C)(C)OC(=O)N1CCC(C2(N3CCC(OC4CC(Oc5cc(Br)ccn5)C4)CC3)CC2)CC1. The molecule has 194 valence electrons. The number of amides is 1. The van der Waals surface area contributed by atoms with E-state index in [1.807, 2.05) is 37.8 Å². The maximum Gasteiger partial charge on any atom is 0.410 e. The number of piperidine rings is 2. The highest BCUT2D eigenvalue weighted by molar-refractivity contribution is 9.10. The van der Waals surface area contributed by atoms with Gasteiger partial charge in [-0.3, -0.25) is 4.90 Å². The molecule has 0 bridgehead atoms. The van der Waals surface area contributed by atoms with Crippen LogP contribution >= 0.6 is 15.9 Å². The van der Waals surface area contributed by atoms with Crippen LogP contribution in [0.25, 0.3) is 0 Å². The predicted octanol–water partition coefficient (Wildman–Crippen LogP) is 5.41. The van der Waals surface area contributed by atoms with Gasteiger partial charge in [-0.1, -0.05) is 15.9 Å². The molecular weight excluding hydrogens is 510 g/mol. The Hall–Kier alpha value is -1.38. The molecule has 1 amide bonds. The molecule has 5 rings (SSSR count). The molecule has 1 aromatic heterocycles. The van der Waals surface area contributed by atoms with Crippen molar-refractivity contribution in [1.29, 1.82) is 0 Å². The van der Waals surface area contributed by atoms with Gasteiger partial charge in [0.05, 0.1) is 12.2 Å². The molecule has 2 saturated heterocycles. The van der Waals surface area contributed by atoms with Gasteiger partial charge in [0.25, 0.3) is 0 Å². The minimum atomic E-state index is -0.429. The zero-order valence-electron chi connectivity index (χ0n) is 21.4. The molecular formula is C27H40BrN3O4. The van der Waals surface area contributed by atoms with Crippen LogP contribution in [-0.4, -0.2) is 76.5 Å². The molecule has 0 radical (unpaired) electrons. The smallest absolute Gasteiger partial charge is 0.410 e. The zero-order chi connectivity index (χ0) is 24.6. The predicted molar refractivity (Wildman–Crippen MR) is 138 cm³/mol. The lowest BCUT2D eigenvalue weighted by atomic mass is 9.85. The van der Waals surface area contributed by atoms with E-state index < -0.39 is 5.60 Å². The fraction of sp³-hybridized carbons (Fsp3) is 0.778. The summed E-state index contributed by atoms with van der Waals surface area (Å²) in [6, 6.07) is 3.82. The number of rotatable bonds is 6. The van der Waals surface area contributed by atoms with Crippen molar-refractivity contribution >= 4 is 22.0 Å². The van der Waals surface area contributed by atoms with E-state index in [0.717, 1.165) is 69.2 Å². The molecule has 0 N–H and O–H groups in total. The average Bonchev–Trinajstić information content (AvgIpc) is 3.59. The lowest BCUT2D eigenvalue weighted by molar-refractivity contribution is -0.115. The summed E-state index contributed by atoms with van der Waals surface area (Å²) in [5, 5.41) is 0. The standard InChI is InChI=1S/C27H40BrN3O4/c1-26(2,3)35-25(32)30-12-5-19(6-13-30)27(9-10-27)31-14-7-21(8-15-31)33-22-17-23(18-22)34-24-16-20(28)4-11-29-24/h4,11,16,19,21-23H,5-10,12-15,17-18H2,1-3H3. The minimum absolute atomic E-state index is 0.157. The number of pyridine rings is 1. The van der Waals surface area contributed by atoms with Gasteiger partial charge >= 0.3 is 6.09 Å². The Labute approximate surface area is 218 Å². The second kappa shape index (κ2) is 10.2. The monoisotopic (exact) mass is 549 g/mol. The summed E-state index contributed by atoms with van der Waals surface area (Å²) < 4.78 is 19.0. The first-order valence-electron chi connectivity index (χ1n) is 13.4. The van der Waals surface area contributed by atoms with Crippen LogP contribution in [0.15, 0.2) is 22.8 Å². The number of nitrogens with zero attached hydrogens (tertiary/aromatic N) is 3. The van der Waals surface area contributed by atoms with Crippen molar-refractivity contribution in [2.75, 3.05) is 26.2 Å². The van der Waals surface area contributed by atoms with Crippen molar-refractivity contribution in [3.63, 3.8) is 0 Å². The highest BCUT2D eigenvalue weighted by Crippen LogP contribution is 2.52. The van der Waals surface area contributed by atoms with Crippen molar-refractivity contribution in [2.45, 2.75) is 102 Å². The Balaban J connectivity index is 1.02. The number of carbonyl (C=O) groups is 1. The van der Waals surface area contributed by atoms with Crippen LogP contribution in [0.5, 0.6) is 5.88 Å². The van der Waals surface area contributed by atoms with Gasteiger partial charge in [0.1, 0.15) is 11.7 Å². The van der Waals surface area contributed by atoms with Crippen LogP contribution in [0.4, 0.5) is 4.79 Å². The third kappa shape index (κ3) is 6.13. The molecule has 3 heterocycles. The van der Waals surface area contributed by atoms with Crippen LogP contribution in [0.2, 0.25) is 0 Å². The maximum atomic E-state index is 12.4. The maximum absolute atomic E-state index is 12.4. The first-order chi connectivity index (χ1) is 16.7. The summed E-state index contributed by atoms with van der Waals surface area (Å²) in [5.41, 5.74) is -0.0562. The molecule has 2 saturated carbocycles. The summed E-state index contributed by atoms with van der Waals surface area (Å²) in [5.74, 6) is 1.37. The topological polar surface area (TPSA) is 64.1 Å². The summed E-state index contributed by atoms with van der Waals surface area (Å²) in [4.78, 5) is 21.4. The molecule has 0 aromatic carbocycles. The number of likely N-dealkylation sites (tertiary alicyclic amines) is 2. The molecule has 8 heteroatoms. The van der Waals surface area contributed by atoms with E-state index in [1.54, 1.807) is 6.20 Å². The molecule has 7 nitrogen and oxygen atoms in total. The van der Waals surface area contributed by atoms with Gasteiger partial charge in [0.2, 0.25) is 5.88 Å². The van der Waals surface area contributed by atoms with E-state index in [2.05, 4.69) is 25.8 Å². The van der Waals surface area contributed by atoms with Gasteiger partial charge in [0, 0.05) is 61.3 Å². The van der Waals surface area contributed by atoms with Gasteiger partial charge < -0.3 is 19.1 Å². The fourth-order valence-electron chi connectivity index (χ4n) is 6.09. The number of ether oxygens (including phenoxy) is 3.